The zero-order chi connectivity index (χ0) is 28.0. The van der Waals surface area contributed by atoms with Crippen molar-refractivity contribution < 1.29 is 22.3 Å². The van der Waals surface area contributed by atoms with Crippen LogP contribution in [0.15, 0.2) is 72.8 Å². The van der Waals surface area contributed by atoms with E-state index in [1.54, 1.807) is 12.1 Å². The monoisotopic (exact) mass is 554 g/mol. The van der Waals surface area contributed by atoms with E-state index in [-0.39, 0.29) is 11.2 Å². The highest BCUT2D eigenvalue weighted by atomic mass is 19.4. The van der Waals surface area contributed by atoms with Crippen LogP contribution in [0.2, 0.25) is 0 Å². The maximum atomic E-state index is 14.6. The van der Waals surface area contributed by atoms with Gasteiger partial charge in [-0.25, -0.2) is 4.39 Å². The molecule has 1 spiro atoms. The zero-order valence-electron chi connectivity index (χ0n) is 22.9. The number of fused-ring (bicyclic) bond motifs is 1. The zero-order valence-corrected chi connectivity index (χ0v) is 22.9. The minimum atomic E-state index is -4.33. The number of ether oxygens (including phenoxy) is 1. The van der Waals surface area contributed by atoms with E-state index in [0.29, 0.717) is 37.4 Å². The minimum absolute atomic E-state index is 0.0777. The van der Waals surface area contributed by atoms with E-state index in [1.165, 1.54) is 23.8 Å². The number of piperidine rings is 1. The van der Waals surface area contributed by atoms with Crippen LogP contribution in [0.5, 0.6) is 5.75 Å². The number of halogens is 4. The third-order valence-corrected chi connectivity index (χ3v) is 8.53. The summed E-state index contributed by atoms with van der Waals surface area (Å²) >= 11 is 0. The second-order valence-electron chi connectivity index (χ2n) is 11.4. The lowest BCUT2D eigenvalue weighted by atomic mass is 9.73. The Hall–Kier alpha value is -2.90. The summed E-state index contributed by atoms with van der Waals surface area (Å²) in [6, 6.07) is 20.9. The van der Waals surface area contributed by atoms with E-state index in [9.17, 15) is 17.6 Å². The number of para-hydroxylation sites is 1. The van der Waals surface area contributed by atoms with Gasteiger partial charge in [-0.1, -0.05) is 61.0 Å². The molecule has 0 atom stereocenters. The highest BCUT2D eigenvalue weighted by molar-refractivity contribution is 5.33. The molecule has 0 unspecified atom stereocenters. The smallest absolute Gasteiger partial charge is 0.416 e. The summed E-state index contributed by atoms with van der Waals surface area (Å²) in [4.78, 5) is 4.61. The molecule has 7 heteroatoms. The topological polar surface area (TPSA) is 15.7 Å². The molecule has 40 heavy (non-hydrogen) atoms. The summed E-state index contributed by atoms with van der Waals surface area (Å²) in [5, 5.41) is 0. The fourth-order valence-electron chi connectivity index (χ4n) is 6.28. The van der Waals surface area contributed by atoms with Gasteiger partial charge in [0.15, 0.2) is 0 Å². The Morgan fingerprint density at radius 2 is 1.55 bits per heavy atom. The summed E-state index contributed by atoms with van der Waals surface area (Å²) in [5.41, 5.74) is 2.10. The Labute approximate surface area is 234 Å². The number of hydrogen-bond acceptors (Lipinski definition) is 3. The van der Waals surface area contributed by atoms with E-state index in [1.807, 2.05) is 24.3 Å². The first-order valence-electron chi connectivity index (χ1n) is 14.3. The van der Waals surface area contributed by atoms with Crippen LogP contribution in [-0.2, 0) is 25.7 Å². The van der Waals surface area contributed by atoms with Crippen LogP contribution in [0.3, 0.4) is 0 Å². The maximum Gasteiger partial charge on any atom is 0.416 e. The third kappa shape index (κ3) is 7.43. The quantitative estimate of drug-likeness (QED) is 0.307. The number of alkyl halides is 3. The Morgan fingerprint density at radius 3 is 2.35 bits per heavy atom. The van der Waals surface area contributed by atoms with Crippen molar-refractivity contribution in [2.45, 2.75) is 57.8 Å². The van der Waals surface area contributed by atoms with Crippen molar-refractivity contribution in [1.29, 1.82) is 0 Å². The third-order valence-electron chi connectivity index (χ3n) is 8.53. The van der Waals surface area contributed by atoms with Gasteiger partial charge in [0, 0.05) is 31.7 Å². The predicted molar refractivity (Wildman–Crippen MR) is 150 cm³/mol. The molecule has 214 valence electrons. The number of benzene rings is 3. The first-order valence-corrected chi connectivity index (χ1v) is 14.3. The van der Waals surface area contributed by atoms with Gasteiger partial charge in [0.1, 0.15) is 18.2 Å². The fourth-order valence-corrected chi connectivity index (χ4v) is 6.28. The summed E-state index contributed by atoms with van der Waals surface area (Å²) in [5.74, 6) is 0.747. The van der Waals surface area contributed by atoms with Gasteiger partial charge >= 0.3 is 6.18 Å². The molecule has 2 aliphatic heterocycles. The first kappa shape index (κ1) is 28.6. The average molecular weight is 555 g/mol. The molecule has 3 aromatic rings. The maximum absolute atomic E-state index is 14.6. The van der Waals surface area contributed by atoms with Crippen molar-refractivity contribution in [1.82, 2.24) is 9.80 Å². The predicted octanol–water partition coefficient (Wildman–Crippen LogP) is 7.73. The van der Waals surface area contributed by atoms with Crippen molar-refractivity contribution in [2.24, 2.45) is 5.41 Å². The van der Waals surface area contributed by atoms with E-state index >= 15 is 0 Å². The molecule has 3 aromatic carbocycles. The minimum Gasteiger partial charge on any atom is -0.492 e. The molecular formula is C33H38F4N2O. The highest BCUT2D eigenvalue weighted by Crippen LogP contribution is 2.39. The molecule has 0 amide bonds. The van der Waals surface area contributed by atoms with Crippen LogP contribution < -0.4 is 4.74 Å². The van der Waals surface area contributed by atoms with Crippen LogP contribution in [-0.4, -0.2) is 42.6 Å². The van der Waals surface area contributed by atoms with Crippen molar-refractivity contribution in [3.05, 3.63) is 101 Å². The molecule has 3 nitrogen and oxygen atoms in total. The second kappa shape index (κ2) is 12.7. The number of hydrogen-bond donors (Lipinski definition) is 0. The largest absolute Gasteiger partial charge is 0.492 e. The van der Waals surface area contributed by atoms with Gasteiger partial charge in [-0.2, -0.15) is 13.2 Å². The molecule has 5 rings (SSSR count). The Bertz CT molecular complexity index is 1250. The summed E-state index contributed by atoms with van der Waals surface area (Å²) in [7, 11) is 0. The Kier molecular flexibility index (Phi) is 9.11. The van der Waals surface area contributed by atoms with E-state index < -0.39 is 11.7 Å². The number of nitrogens with zero attached hydrogens (tertiary/aromatic N) is 2. The molecule has 0 bridgehead atoms. The van der Waals surface area contributed by atoms with Gasteiger partial charge in [0.25, 0.3) is 0 Å². The standard InChI is InChI=1S/C33H38F4N2O/c34-30-13-3-1-11-28(30)24-39-20-21-40-31-14-4-2-9-27(31)10-5-6-15-32(25-39)16-18-38(19-17-32)23-26-8-7-12-29(22-26)33(35,36)37/h1-4,7-9,11-14,22H,5-6,10,15-21,23-25H2. The summed E-state index contributed by atoms with van der Waals surface area (Å²) < 4.78 is 60.5. The fraction of sp³-hybridized carbons (Fsp3) is 0.455. The van der Waals surface area contributed by atoms with Crippen LogP contribution in [0.1, 0.15) is 54.4 Å². The normalized spacial score (nSPS) is 19.3. The molecule has 0 saturated carbocycles. The lowest BCUT2D eigenvalue weighted by Crippen LogP contribution is -2.47. The summed E-state index contributed by atoms with van der Waals surface area (Å²) in [6.45, 7) is 4.79. The van der Waals surface area contributed by atoms with Crippen LogP contribution in [0, 0.1) is 11.2 Å². The molecule has 0 radical (unpaired) electrons. The molecule has 2 heterocycles. The number of likely N-dealkylation sites (tertiary alicyclic amines) is 1. The molecule has 1 saturated heterocycles. The molecule has 2 aliphatic rings. The van der Waals surface area contributed by atoms with Crippen LogP contribution in [0.4, 0.5) is 17.6 Å². The molecule has 1 fully saturated rings. The van der Waals surface area contributed by atoms with E-state index in [4.69, 9.17) is 4.74 Å². The second-order valence-corrected chi connectivity index (χ2v) is 11.4. The van der Waals surface area contributed by atoms with Crippen molar-refractivity contribution in [2.75, 3.05) is 32.8 Å². The van der Waals surface area contributed by atoms with Gasteiger partial charge in [0.05, 0.1) is 5.56 Å². The average Bonchev–Trinajstić information content (AvgIpc) is 2.93. The summed E-state index contributed by atoms with van der Waals surface area (Å²) in [6.07, 6.45) is 1.84. The van der Waals surface area contributed by atoms with Gasteiger partial charge < -0.3 is 4.74 Å². The van der Waals surface area contributed by atoms with Gasteiger partial charge in [0.2, 0.25) is 0 Å². The van der Waals surface area contributed by atoms with Gasteiger partial charge in [-0.15, -0.1) is 0 Å². The van der Waals surface area contributed by atoms with E-state index in [0.717, 1.165) is 70.0 Å². The van der Waals surface area contributed by atoms with Crippen molar-refractivity contribution in [3.8, 4) is 5.75 Å². The molecule has 0 aromatic heterocycles. The van der Waals surface area contributed by atoms with Crippen molar-refractivity contribution >= 4 is 0 Å². The van der Waals surface area contributed by atoms with Crippen molar-refractivity contribution in [3.63, 3.8) is 0 Å². The Balaban J connectivity index is 1.31. The van der Waals surface area contributed by atoms with E-state index in [2.05, 4.69) is 21.9 Å². The van der Waals surface area contributed by atoms with Gasteiger partial charge in [-0.3, -0.25) is 9.80 Å². The lowest BCUT2D eigenvalue weighted by molar-refractivity contribution is -0.137. The van der Waals surface area contributed by atoms with Crippen LogP contribution >= 0.6 is 0 Å². The SMILES string of the molecule is Fc1ccccc1CN1CCOc2ccccc2CCCCC2(CCN(Cc3cccc(C(F)(F)F)c3)CC2)C1. The molecule has 0 aliphatic carbocycles. The van der Waals surface area contributed by atoms with Crippen LogP contribution in [0.25, 0.3) is 0 Å². The molecule has 0 N–H and O–H groups in total. The lowest BCUT2D eigenvalue weighted by Gasteiger charge is -2.45. The number of rotatable bonds is 4. The highest BCUT2D eigenvalue weighted by Gasteiger charge is 2.36. The first-order chi connectivity index (χ1) is 19.3. The van der Waals surface area contributed by atoms with Gasteiger partial charge in [-0.05, 0) is 79.9 Å². The molecular weight excluding hydrogens is 516 g/mol. The Morgan fingerprint density at radius 1 is 0.775 bits per heavy atom. The number of aryl methyl sites for hydroxylation is 1.